The summed E-state index contributed by atoms with van der Waals surface area (Å²) in [7, 11) is -3.37. The van der Waals surface area contributed by atoms with Gasteiger partial charge in [-0.2, -0.15) is 0 Å². The van der Waals surface area contributed by atoms with E-state index in [1.807, 2.05) is 12.1 Å². The molecule has 0 aliphatic carbocycles. The van der Waals surface area contributed by atoms with Crippen LogP contribution in [-0.2, 0) is 24.8 Å². The van der Waals surface area contributed by atoms with Gasteiger partial charge in [-0.05, 0) is 57.7 Å². The number of rotatable bonds is 13. The fraction of sp³-hybridized carbons (Fsp3) is 0.632. The normalized spacial score (nSPS) is 12.9. The molecular formula is C19H31O5P. The third-order valence-electron chi connectivity index (χ3n) is 4.10. The molecule has 1 aromatic carbocycles. The molecule has 0 saturated carbocycles. The first kappa shape index (κ1) is 21.9. The Hall–Kier alpha value is -1.16. The predicted molar refractivity (Wildman–Crippen MR) is 100 cm³/mol. The Bertz CT molecular complexity index is 545. The Morgan fingerprint density at radius 3 is 2.12 bits per heavy atom. The number of benzene rings is 1. The van der Waals surface area contributed by atoms with Gasteiger partial charge >= 0.3 is 7.60 Å². The number of carbonyl (C=O) groups is 1. The van der Waals surface area contributed by atoms with Crippen LogP contribution in [0.25, 0.3) is 0 Å². The van der Waals surface area contributed by atoms with Gasteiger partial charge < -0.3 is 14.2 Å². The van der Waals surface area contributed by atoms with Crippen LogP contribution in [0.5, 0.6) is 5.75 Å². The highest BCUT2D eigenvalue weighted by molar-refractivity contribution is 7.55. The average molecular weight is 370 g/mol. The first-order valence-corrected chi connectivity index (χ1v) is 10.7. The number of phenolic OH excluding ortho intramolecular Hbond substituents is 1. The largest absolute Gasteiger partial charge is 0.508 e. The molecule has 0 bridgehead atoms. The number of aryl methyl sites for hydroxylation is 1. The van der Waals surface area contributed by atoms with Crippen molar-refractivity contribution in [3.8, 4) is 5.75 Å². The highest BCUT2D eigenvalue weighted by Crippen LogP contribution is 2.54. The van der Waals surface area contributed by atoms with Crippen molar-refractivity contribution in [2.45, 2.75) is 65.0 Å². The van der Waals surface area contributed by atoms with E-state index < -0.39 is 13.3 Å². The first-order valence-electron chi connectivity index (χ1n) is 9.10. The number of ketones is 1. The van der Waals surface area contributed by atoms with E-state index in [1.54, 1.807) is 26.0 Å². The lowest BCUT2D eigenvalue weighted by Crippen LogP contribution is -2.21. The summed E-state index contributed by atoms with van der Waals surface area (Å²) in [5.74, 6) is 0.154. The van der Waals surface area contributed by atoms with Crippen molar-refractivity contribution in [1.29, 1.82) is 0 Å². The minimum absolute atomic E-state index is 0.130. The highest BCUT2D eigenvalue weighted by Gasteiger charge is 2.38. The van der Waals surface area contributed by atoms with Crippen LogP contribution in [0.4, 0.5) is 0 Å². The van der Waals surface area contributed by atoms with Crippen molar-refractivity contribution in [2.24, 2.45) is 0 Å². The van der Waals surface area contributed by atoms with Crippen LogP contribution >= 0.6 is 7.60 Å². The summed E-state index contributed by atoms with van der Waals surface area (Å²) in [4.78, 5) is 11.9. The molecule has 25 heavy (non-hydrogen) atoms. The van der Waals surface area contributed by atoms with Gasteiger partial charge in [0.05, 0.1) is 13.2 Å². The SMILES string of the molecule is CCOP(=O)(OCC)C(CCCCCCc1ccc(O)cc1)C(C)=O. The molecule has 0 radical (unpaired) electrons. The van der Waals surface area contributed by atoms with Crippen molar-refractivity contribution in [2.75, 3.05) is 13.2 Å². The summed E-state index contributed by atoms with van der Waals surface area (Å²) in [6, 6.07) is 7.26. The van der Waals surface area contributed by atoms with Crippen LogP contribution in [0, 0.1) is 0 Å². The number of hydrogen-bond acceptors (Lipinski definition) is 5. The first-order chi connectivity index (χ1) is 11.9. The van der Waals surface area contributed by atoms with Crippen molar-refractivity contribution >= 4 is 13.4 Å². The minimum atomic E-state index is -3.37. The molecule has 0 saturated heterocycles. The van der Waals surface area contributed by atoms with E-state index in [2.05, 4.69) is 0 Å². The summed E-state index contributed by atoms with van der Waals surface area (Å²) in [5, 5.41) is 9.27. The summed E-state index contributed by atoms with van der Waals surface area (Å²) in [5.41, 5.74) is 0.543. The maximum Gasteiger partial charge on any atom is 0.341 e. The van der Waals surface area contributed by atoms with Gasteiger partial charge in [0.15, 0.2) is 0 Å². The number of aromatic hydroxyl groups is 1. The van der Waals surface area contributed by atoms with E-state index >= 15 is 0 Å². The van der Waals surface area contributed by atoms with Crippen molar-refractivity contribution in [3.05, 3.63) is 29.8 Å². The molecule has 1 rings (SSSR count). The molecule has 0 aliphatic rings. The second-order valence-corrected chi connectivity index (χ2v) is 8.34. The van der Waals surface area contributed by atoms with Crippen LogP contribution in [0.1, 0.15) is 58.4 Å². The second-order valence-electron chi connectivity index (χ2n) is 6.12. The van der Waals surface area contributed by atoms with Crippen molar-refractivity contribution in [1.82, 2.24) is 0 Å². The molecule has 0 fully saturated rings. The number of Topliss-reactive ketones (excluding diaryl/α,β-unsaturated/α-hetero) is 1. The van der Waals surface area contributed by atoms with Gasteiger partial charge in [0.2, 0.25) is 0 Å². The van der Waals surface area contributed by atoms with Crippen molar-refractivity contribution < 1.29 is 23.5 Å². The van der Waals surface area contributed by atoms with Gasteiger partial charge in [0.1, 0.15) is 17.2 Å². The number of hydrogen-bond donors (Lipinski definition) is 1. The molecule has 0 heterocycles. The molecular weight excluding hydrogens is 339 g/mol. The molecule has 1 N–H and O–H groups in total. The summed E-state index contributed by atoms with van der Waals surface area (Å²) in [6.45, 7) is 5.51. The summed E-state index contributed by atoms with van der Waals surface area (Å²) in [6.07, 6.45) is 5.38. The minimum Gasteiger partial charge on any atom is -0.508 e. The molecule has 0 amide bonds. The maximum atomic E-state index is 12.8. The smallest absolute Gasteiger partial charge is 0.341 e. The van der Waals surface area contributed by atoms with Gasteiger partial charge in [-0.3, -0.25) is 9.36 Å². The second kappa shape index (κ2) is 11.5. The third-order valence-corrected chi connectivity index (χ3v) is 6.72. The number of carbonyl (C=O) groups excluding carboxylic acids is 1. The van der Waals surface area contributed by atoms with E-state index in [-0.39, 0.29) is 24.7 Å². The molecule has 6 heteroatoms. The number of phenols is 1. The van der Waals surface area contributed by atoms with Crippen LogP contribution in [0.3, 0.4) is 0 Å². The zero-order valence-electron chi connectivity index (χ0n) is 15.6. The fourth-order valence-corrected chi connectivity index (χ4v) is 4.94. The molecule has 142 valence electrons. The van der Waals surface area contributed by atoms with Gasteiger partial charge in [-0.15, -0.1) is 0 Å². The lowest BCUT2D eigenvalue weighted by Gasteiger charge is -2.24. The van der Waals surface area contributed by atoms with Crippen LogP contribution in [0.15, 0.2) is 24.3 Å². The van der Waals surface area contributed by atoms with E-state index in [9.17, 15) is 14.5 Å². The Labute approximate surface area is 151 Å². The number of unbranched alkanes of at least 4 members (excludes halogenated alkanes) is 3. The average Bonchev–Trinajstić information content (AvgIpc) is 2.55. The predicted octanol–water partition coefficient (Wildman–Crippen LogP) is 5.11. The van der Waals surface area contributed by atoms with Crippen LogP contribution < -0.4 is 0 Å². The molecule has 0 aliphatic heterocycles. The highest BCUT2D eigenvalue weighted by atomic mass is 31.2. The van der Waals surface area contributed by atoms with Gasteiger partial charge in [-0.1, -0.05) is 31.4 Å². The molecule has 5 nitrogen and oxygen atoms in total. The third kappa shape index (κ3) is 7.72. The lowest BCUT2D eigenvalue weighted by atomic mass is 10.0. The zero-order valence-corrected chi connectivity index (χ0v) is 16.5. The Morgan fingerprint density at radius 1 is 1.04 bits per heavy atom. The lowest BCUT2D eigenvalue weighted by molar-refractivity contribution is -0.117. The molecule has 0 aromatic heterocycles. The summed E-state index contributed by atoms with van der Waals surface area (Å²) >= 11 is 0. The Balaban J connectivity index is 2.38. The van der Waals surface area contributed by atoms with E-state index in [0.29, 0.717) is 6.42 Å². The van der Waals surface area contributed by atoms with E-state index in [4.69, 9.17) is 9.05 Å². The fourth-order valence-electron chi connectivity index (χ4n) is 2.84. The van der Waals surface area contributed by atoms with Crippen molar-refractivity contribution in [3.63, 3.8) is 0 Å². The van der Waals surface area contributed by atoms with E-state index in [0.717, 1.165) is 32.1 Å². The monoisotopic (exact) mass is 370 g/mol. The van der Waals surface area contributed by atoms with Gasteiger partial charge in [-0.25, -0.2) is 0 Å². The van der Waals surface area contributed by atoms with Gasteiger partial charge in [0.25, 0.3) is 0 Å². The molecule has 1 aromatic rings. The van der Waals surface area contributed by atoms with E-state index in [1.165, 1.54) is 12.5 Å². The Morgan fingerprint density at radius 2 is 1.60 bits per heavy atom. The quantitative estimate of drug-likeness (QED) is 0.386. The summed E-state index contributed by atoms with van der Waals surface area (Å²) < 4.78 is 23.5. The van der Waals surface area contributed by atoms with Crippen LogP contribution in [-0.4, -0.2) is 29.8 Å². The maximum absolute atomic E-state index is 12.8. The standard InChI is InChI=1S/C19H31O5P/c1-4-23-25(22,24-5-2)19(16(3)20)11-9-7-6-8-10-17-12-14-18(21)15-13-17/h12-15,19,21H,4-11H2,1-3H3. The molecule has 1 atom stereocenters. The zero-order chi connectivity index (χ0) is 18.7. The van der Waals surface area contributed by atoms with Gasteiger partial charge in [0, 0.05) is 0 Å². The Kier molecular flexibility index (Phi) is 10.0. The molecule has 1 unspecified atom stereocenters. The molecule has 0 spiro atoms. The topological polar surface area (TPSA) is 72.8 Å². The van der Waals surface area contributed by atoms with Crippen LogP contribution in [0.2, 0.25) is 0 Å².